The first-order valence-electron chi connectivity index (χ1n) is 6.25. The van der Waals surface area contributed by atoms with Crippen molar-refractivity contribution in [3.63, 3.8) is 0 Å². The average Bonchev–Trinajstić information content (AvgIpc) is 3.23. The third-order valence-corrected chi connectivity index (χ3v) is 3.58. The lowest BCUT2D eigenvalue weighted by Crippen LogP contribution is -2.10. The first-order chi connectivity index (χ1) is 8.23. The second kappa shape index (κ2) is 3.91. The van der Waals surface area contributed by atoms with E-state index in [1.807, 2.05) is 18.2 Å². The number of aliphatic hydroxyl groups is 1. The molecule has 0 aliphatic heterocycles. The van der Waals surface area contributed by atoms with Gasteiger partial charge in [-0.3, -0.25) is 0 Å². The number of hydrogen-bond donors (Lipinski definition) is 1. The van der Waals surface area contributed by atoms with Crippen molar-refractivity contribution in [3.05, 3.63) is 23.8 Å². The highest BCUT2D eigenvalue weighted by molar-refractivity contribution is 5.50. The molecule has 0 atom stereocenters. The first kappa shape index (κ1) is 10.9. The molecule has 0 unspecified atom stereocenters. The summed E-state index contributed by atoms with van der Waals surface area (Å²) < 4.78 is 11.2. The van der Waals surface area contributed by atoms with Gasteiger partial charge < -0.3 is 14.6 Å². The average molecular weight is 234 g/mol. The second-order valence-corrected chi connectivity index (χ2v) is 5.12. The number of ether oxygens (including phenoxy) is 2. The normalized spacial score (nSPS) is 21.1. The fourth-order valence-electron chi connectivity index (χ4n) is 2.07. The van der Waals surface area contributed by atoms with Crippen molar-refractivity contribution in [2.75, 3.05) is 13.7 Å². The summed E-state index contributed by atoms with van der Waals surface area (Å²) in [6, 6.07) is 5.74. The molecule has 1 N–H and O–H groups in total. The van der Waals surface area contributed by atoms with Crippen LogP contribution in [0, 0.1) is 5.92 Å². The van der Waals surface area contributed by atoms with Crippen LogP contribution in [0.1, 0.15) is 31.2 Å². The molecule has 3 heteroatoms. The molecule has 92 valence electrons. The van der Waals surface area contributed by atoms with Gasteiger partial charge in [0, 0.05) is 5.56 Å². The maximum Gasteiger partial charge on any atom is 0.167 e. The van der Waals surface area contributed by atoms with Gasteiger partial charge in [0.15, 0.2) is 11.5 Å². The molecule has 0 heterocycles. The molecular formula is C14H18O3. The number of rotatable bonds is 5. The first-order valence-corrected chi connectivity index (χ1v) is 6.25. The summed E-state index contributed by atoms with van der Waals surface area (Å²) in [4.78, 5) is 0. The lowest BCUT2D eigenvalue weighted by atomic mass is 10.1. The van der Waals surface area contributed by atoms with Crippen molar-refractivity contribution < 1.29 is 14.6 Å². The minimum absolute atomic E-state index is 0.673. The third-order valence-electron chi connectivity index (χ3n) is 3.58. The zero-order valence-electron chi connectivity index (χ0n) is 10.1. The van der Waals surface area contributed by atoms with E-state index in [4.69, 9.17) is 9.47 Å². The van der Waals surface area contributed by atoms with Crippen molar-refractivity contribution in [1.29, 1.82) is 0 Å². The van der Waals surface area contributed by atoms with Gasteiger partial charge in [0.2, 0.25) is 0 Å². The van der Waals surface area contributed by atoms with Crippen LogP contribution >= 0.6 is 0 Å². The van der Waals surface area contributed by atoms with Crippen molar-refractivity contribution in [2.24, 2.45) is 5.92 Å². The summed E-state index contributed by atoms with van der Waals surface area (Å²) in [5.74, 6) is 2.16. The van der Waals surface area contributed by atoms with Gasteiger partial charge >= 0.3 is 0 Å². The summed E-state index contributed by atoms with van der Waals surface area (Å²) in [5, 5.41) is 10.2. The standard InChI is InChI=1S/C14H18O3/c1-16-12-4-2-3-11(14(15)7-8-14)13(12)17-9-10-5-6-10/h2-4,10,15H,5-9H2,1H3. The van der Waals surface area contributed by atoms with E-state index >= 15 is 0 Å². The van der Waals surface area contributed by atoms with E-state index in [1.165, 1.54) is 12.8 Å². The molecule has 2 saturated carbocycles. The van der Waals surface area contributed by atoms with Crippen LogP contribution in [0.25, 0.3) is 0 Å². The largest absolute Gasteiger partial charge is 0.493 e. The molecule has 3 rings (SSSR count). The molecule has 0 spiro atoms. The predicted octanol–water partition coefficient (Wildman–Crippen LogP) is 2.47. The Balaban J connectivity index is 1.89. The summed E-state index contributed by atoms with van der Waals surface area (Å²) in [6.07, 6.45) is 4.16. The van der Waals surface area contributed by atoms with Gasteiger partial charge in [-0.25, -0.2) is 0 Å². The van der Waals surface area contributed by atoms with E-state index in [-0.39, 0.29) is 0 Å². The Morgan fingerprint density at radius 1 is 1.35 bits per heavy atom. The van der Waals surface area contributed by atoms with Crippen LogP contribution in [0.3, 0.4) is 0 Å². The highest BCUT2D eigenvalue weighted by atomic mass is 16.5. The molecule has 0 amide bonds. The number of para-hydroxylation sites is 1. The zero-order valence-corrected chi connectivity index (χ0v) is 10.1. The fraction of sp³-hybridized carbons (Fsp3) is 0.571. The molecule has 1 aromatic rings. The summed E-state index contributed by atoms with van der Waals surface area (Å²) in [7, 11) is 1.64. The Morgan fingerprint density at radius 3 is 2.71 bits per heavy atom. The van der Waals surface area contributed by atoms with E-state index < -0.39 is 5.60 Å². The van der Waals surface area contributed by atoms with Gasteiger partial charge in [0.25, 0.3) is 0 Å². The lowest BCUT2D eigenvalue weighted by molar-refractivity contribution is 0.144. The number of hydrogen-bond acceptors (Lipinski definition) is 3. The van der Waals surface area contributed by atoms with E-state index in [9.17, 15) is 5.11 Å². The van der Waals surface area contributed by atoms with E-state index in [2.05, 4.69) is 0 Å². The second-order valence-electron chi connectivity index (χ2n) is 5.12. The molecule has 2 aliphatic rings. The van der Waals surface area contributed by atoms with Gasteiger partial charge in [-0.15, -0.1) is 0 Å². The van der Waals surface area contributed by atoms with Gasteiger partial charge in [-0.2, -0.15) is 0 Å². The molecule has 0 bridgehead atoms. The van der Waals surface area contributed by atoms with Gasteiger partial charge in [-0.05, 0) is 37.7 Å². The maximum atomic E-state index is 10.2. The summed E-state index contributed by atoms with van der Waals surface area (Å²) in [6.45, 7) is 0.740. The van der Waals surface area contributed by atoms with E-state index in [0.717, 1.165) is 36.5 Å². The summed E-state index contributed by atoms with van der Waals surface area (Å²) in [5.41, 5.74) is 0.213. The molecule has 17 heavy (non-hydrogen) atoms. The zero-order chi connectivity index (χ0) is 11.9. The van der Waals surface area contributed by atoms with Crippen LogP contribution < -0.4 is 9.47 Å². The molecule has 2 fully saturated rings. The molecule has 1 aromatic carbocycles. The quantitative estimate of drug-likeness (QED) is 0.850. The van der Waals surface area contributed by atoms with Crippen LogP contribution in [0.4, 0.5) is 0 Å². The van der Waals surface area contributed by atoms with Crippen LogP contribution in [-0.4, -0.2) is 18.8 Å². The molecule has 0 saturated heterocycles. The molecule has 0 radical (unpaired) electrons. The number of benzene rings is 1. The highest BCUT2D eigenvalue weighted by Crippen LogP contribution is 2.51. The van der Waals surface area contributed by atoms with Gasteiger partial charge in [0.1, 0.15) is 0 Å². The topological polar surface area (TPSA) is 38.7 Å². The van der Waals surface area contributed by atoms with Crippen LogP contribution in [-0.2, 0) is 5.60 Å². The third kappa shape index (κ3) is 2.12. The Labute approximate surface area is 101 Å². The monoisotopic (exact) mass is 234 g/mol. The number of methoxy groups -OCH3 is 1. The maximum absolute atomic E-state index is 10.2. The lowest BCUT2D eigenvalue weighted by Gasteiger charge is -2.17. The predicted molar refractivity (Wildman–Crippen MR) is 64.3 cm³/mol. The minimum atomic E-state index is -0.673. The Hall–Kier alpha value is -1.22. The van der Waals surface area contributed by atoms with E-state index in [1.54, 1.807) is 7.11 Å². The van der Waals surface area contributed by atoms with E-state index in [0.29, 0.717) is 5.92 Å². The van der Waals surface area contributed by atoms with Crippen molar-refractivity contribution in [1.82, 2.24) is 0 Å². The van der Waals surface area contributed by atoms with Gasteiger partial charge in [0.05, 0.1) is 19.3 Å². The minimum Gasteiger partial charge on any atom is -0.493 e. The Bertz CT molecular complexity index is 419. The molecule has 0 aromatic heterocycles. The van der Waals surface area contributed by atoms with Crippen LogP contribution in [0.15, 0.2) is 18.2 Å². The molecule has 3 nitrogen and oxygen atoms in total. The van der Waals surface area contributed by atoms with Crippen LogP contribution in [0.5, 0.6) is 11.5 Å². The highest BCUT2D eigenvalue weighted by Gasteiger charge is 2.45. The van der Waals surface area contributed by atoms with Gasteiger partial charge in [-0.1, -0.05) is 12.1 Å². The Kier molecular flexibility index (Phi) is 2.51. The SMILES string of the molecule is COc1cccc(C2(O)CC2)c1OCC1CC1. The fourth-order valence-corrected chi connectivity index (χ4v) is 2.07. The van der Waals surface area contributed by atoms with Crippen molar-refractivity contribution >= 4 is 0 Å². The van der Waals surface area contributed by atoms with Crippen molar-refractivity contribution in [2.45, 2.75) is 31.3 Å². The summed E-state index contributed by atoms with van der Waals surface area (Å²) >= 11 is 0. The van der Waals surface area contributed by atoms with Crippen molar-refractivity contribution in [3.8, 4) is 11.5 Å². The smallest absolute Gasteiger partial charge is 0.167 e. The van der Waals surface area contributed by atoms with Crippen LogP contribution in [0.2, 0.25) is 0 Å². The molecular weight excluding hydrogens is 216 g/mol. The molecule has 2 aliphatic carbocycles. The Morgan fingerprint density at radius 2 is 2.12 bits per heavy atom.